The number of carboxylic acids is 2. The highest BCUT2D eigenvalue weighted by Crippen LogP contribution is 2.41. The number of aliphatic carboxylic acids is 2. The van der Waals surface area contributed by atoms with Crippen molar-refractivity contribution in [2.75, 3.05) is 13.2 Å². The van der Waals surface area contributed by atoms with E-state index >= 15 is 0 Å². The predicted molar refractivity (Wildman–Crippen MR) is 145 cm³/mol. The first-order valence-electron chi connectivity index (χ1n) is 12.7. The number of amides is 1. The van der Waals surface area contributed by atoms with Crippen LogP contribution in [0, 0.1) is 11.8 Å². The van der Waals surface area contributed by atoms with E-state index in [1.54, 1.807) is 24.3 Å². The lowest BCUT2D eigenvalue weighted by atomic mass is 9.81. The van der Waals surface area contributed by atoms with Gasteiger partial charge in [0, 0.05) is 24.8 Å². The van der Waals surface area contributed by atoms with Crippen LogP contribution in [0.2, 0.25) is 0 Å². The predicted octanol–water partition coefficient (Wildman–Crippen LogP) is 5.13. The molecular weight excluding hydrogens is 498 g/mol. The number of benzene rings is 3. The van der Waals surface area contributed by atoms with Gasteiger partial charge in [-0.05, 0) is 34.4 Å². The third-order valence-corrected chi connectivity index (χ3v) is 6.91. The van der Waals surface area contributed by atoms with Gasteiger partial charge in [0.25, 0.3) is 0 Å². The third-order valence-electron chi connectivity index (χ3n) is 6.91. The van der Waals surface area contributed by atoms with Crippen molar-refractivity contribution in [3.63, 3.8) is 0 Å². The molecule has 0 saturated carbocycles. The van der Waals surface area contributed by atoms with Gasteiger partial charge in [0.2, 0.25) is 0 Å². The monoisotopic (exact) mass is 529 g/mol. The van der Waals surface area contributed by atoms with Crippen molar-refractivity contribution in [3.8, 4) is 5.75 Å². The van der Waals surface area contributed by atoms with Gasteiger partial charge < -0.3 is 19.7 Å². The molecule has 3 aromatic carbocycles. The van der Waals surface area contributed by atoms with Crippen LogP contribution < -0.4 is 4.74 Å². The van der Waals surface area contributed by atoms with Crippen LogP contribution in [0.25, 0.3) is 5.57 Å². The van der Waals surface area contributed by atoms with Crippen LogP contribution >= 0.6 is 0 Å². The first kappa shape index (κ1) is 27.4. The number of likely N-dealkylation sites (tertiary alicyclic amines) is 1. The molecule has 2 N–H and O–H groups in total. The maximum absolute atomic E-state index is 13.0. The summed E-state index contributed by atoms with van der Waals surface area (Å²) >= 11 is 0. The Morgan fingerprint density at radius 2 is 1.56 bits per heavy atom. The van der Waals surface area contributed by atoms with Gasteiger partial charge in [-0.2, -0.15) is 0 Å². The topological polar surface area (TPSA) is 113 Å². The number of carbonyl (C=O) groups excluding carboxylic acids is 1. The van der Waals surface area contributed by atoms with Crippen LogP contribution in [0.15, 0.2) is 91.5 Å². The van der Waals surface area contributed by atoms with Crippen LogP contribution in [-0.4, -0.2) is 52.3 Å². The van der Waals surface area contributed by atoms with Gasteiger partial charge in [-0.15, -0.1) is 0 Å². The lowest BCUT2D eigenvalue weighted by molar-refractivity contribution is -0.144. The molecular formula is C31H31NO7. The standard InChI is InChI=1S/C31H31NO7/c1-21(24-13-8-14-25(17-24)38-16-15-22-9-4-2-5-10-22)27-19-32(29(30(35)36)26(27)18-28(33)34)31(37)39-20-23-11-6-3-7-12-23/h2-14,17,26-27,29H,1,15-16,18-20H2,(H,33,34)(H,35,36)/t26-,27+,29-/m0/s1. The van der Waals surface area contributed by atoms with E-state index in [-0.39, 0.29) is 13.2 Å². The van der Waals surface area contributed by atoms with Crippen molar-refractivity contribution in [2.24, 2.45) is 11.8 Å². The van der Waals surface area contributed by atoms with Crippen molar-refractivity contribution >= 4 is 23.6 Å². The zero-order chi connectivity index (χ0) is 27.8. The molecule has 39 heavy (non-hydrogen) atoms. The highest BCUT2D eigenvalue weighted by atomic mass is 16.6. The lowest BCUT2D eigenvalue weighted by Crippen LogP contribution is -2.44. The molecule has 3 aromatic rings. The zero-order valence-corrected chi connectivity index (χ0v) is 21.4. The third kappa shape index (κ3) is 7.04. The van der Waals surface area contributed by atoms with E-state index in [4.69, 9.17) is 9.47 Å². The van der Waals surface area contributed by atoms with E-state index in [2.05, 4.69) is 6.58 Å². The molecule has 1 aliphatic rings. The molecule has 0 aliphatic carbocycles. The second-order valence-corrected chi connectivity index (χ2v) is 9.48. The molecule has 0 aromatic heterocycles. The first-order valence-corrected chi connectivity index (χ1v) is 12.7. The molecule has 0 unspecified atom stereocenters. The van der Waals surface area contributed by atoms with E-state index in [0.29, 0.717) is 23.5 Å². The molecule has 1 saturated heterocycles. The van der Waals surface area contributed by atoms with Crippen LogP contribution in [0.5, 0.6) is 5.75 Å². The van der Waals surface area contributed by atoms with Gasteiger partial charge >= 0.3 is 18.0 Å². The molecule has 8 heteroatoms. The van der Waals surface area contributed by atoms with E-state index in [9.17, 15) is 24.6 Å². The fraction of sp³-hybridized carbons (Fsp3) is 0.258. The van der Waals surface area contributed by atoms with E-state index < -0.39 is 42.3 Å². The summed E-state index contributed by atoms with van der Waals surface area (Å²) in [5, 5.41) is 19.6. The number of hydrogen-bond acceptors (Lipinski definition) is 5. The molecule has 0 bridgehead atoms. The summed E-state index contributed by atoms with van der Waals surface area (Å²) in [6.45, 7) is 4.60. The highest BCUT2D eigenvalue weighted by molar-refractivity contribution is 5.84. The Labute approximate surface area is 227 Å². The van der Waals surface area contributed by atoms with Crippen LogP contribution in [-0.2, 0) is 27.4 Å². The lowest BCUT2D eigenvalue weighted by Gasteiger charge is -2.24. The van der Waals surface area contributed by atoms with Crippen molar-refractivity contribution in [1.29, 1.82) is 0 Å². The molecule has 8 nitrogen and oxygen atoms in total. The van der Waals surface area contributed by atoms with Crippen LogP contribution in [0.3, 0.4) is 0 Å². The largest absolute Gasteiger partial charge is 0.493 e. The Hall–Kier alpha value is -4.59. The summed E-state index contributed by atoms with van der Waals surface area (Å²) in [5.74, 6) is -3.32. The van der Waals surface area contributed by atoms with Gasteiger partial charge in [-0.3, -0.25) is 9.69 Å². The van der Waals surface area contributed by atoms with Crippen LogP contribution in [0.4, 0.5) is 4.79 Å². The first-order chi connectivity index (χ1) is 18.8. The smallest absolute Gasteiger partial charge is 0.410 e. The summed E-state index contributed by atoms with van der Waals surface area (Å²) in [6.07, 6.45) is -0.513. The molecule has 202 valence electrons. The summed E-state index contributed by atoms with van der Waals surface area (Å²) in [5.41, 5.74) is 3.14. The van der Waals surface area contributed by atoms with Gasteiger partial charge in [-0.25, -0.2) is 9.59 Å². The molecule has 0 spiro atoms. The number of carbonyl (C=O) groups is 3. The SMILES string of the molecule is C=C(c1cccc(OCCc2ccccc2)c1)[C@H]1CN(C(=O)OCc2ccccc2)[C@H](C(=O)O)[C@H]1CC(=O)O. The number of carboxylic acid groups (broad SMARTS) is 2. The summed E-state index contributed by atoms with van der Waals surface area (Å²) in [7, 11) is 0. The summed E-state index contributed by atoms with van der Waals surface area (Å²) in [4.78, 5) is 38.1. The van der Waals surface area contributed by atoms with E-state index in [0.717, 1.165) is 22.4 Å². The number of nitrogens with zero attached hydrogens (tertiary/aromatic N) is 1. The summed E-state index contributed by atoms with van der Waals surface area (Å²) in [6, 6.07) is 24.9. The molecule has 0 radical (unpaired) electrons. The van der Waals surface area contributed by atoms with Gasteiger partial charge in [-0.1, -0.05) is 79.4 Å². The second kappa shape index (κ2) is 12.8. The van der Waals surface area contributed by atoms with Crippen LogP contribution in [0.1, 0.15) is 23.1 Å². The Morgan fingerprint density at radius 1 is 0.897 bits per heavy atom. The van der Waals surface area contributed by atoms with Crippen molar-refractivity contribution < 1.29 is 34.1 Å². The minimum Gasteiger partial charge on any atom is -0.493 e. The molecule has 1 fully saturated rings. The molecule has 4 rings (SSSR count). The molecule has 1 amide bonds. The Kier molecular flexibility index (Phi) is 8.99. The normalized spacial score (nSPS) is 18.4. The zero-order valence-electron chi connectivity index (χ0n) is 21.4. The number of rotatable bonds is 11. The fourth-order valence-electron chi connectivity index (χ4n) is 4.97. The van der Waals surface area contributed by atoms with Crippen molar-refractivity contribution in [2.45, 2.75) is 25.5 Å². The maximum atomic E-state index is 13.0. The Balaban J connectivity index is 1.50. The minimum absolute atomic E-state index is 0.0273. The fourth-order valence-corrected chi connectivity index (χ4v) is 4.97. The Morgan fingerprint density at radius 3 is 2.21 bits per heavy atom. The summed E-state index contributed by atoms with van der Waals surface area (Å²) < 4.78 is 11.3. The highest BCUT2D eigenvalue weighted by Gasteiger charge is 2.50. The average Bonchev–Trinajstić information content (AvgIpc) is 3.31. The molecule has 1 aliphatic heterocycles. The maximum Gasteiger partial charge on any atom is 0.410 e. The number of ether oxygens (including phenoxy) is 2. The van der Waals surface area contributed by atoms with Crippen molar-refractivity contribution in [1.82, 2.24) is 4.90 Å². The average molecular weight is 530 g/mol. The van der Waals surface area contributed by atoms with E-state index in [1.807, 2.05) is 60.7 Å². The van der Waals surface area contributed by atoms with Gasteiger partial charge in [0.05, 0.1) is 13.0 Å². The van der Waals surface area contributed by atoms with Gasteiger partial charge in [0.15, 0.2) is 0 Å². The number of hydrogen-bond donors (Lipinski definition) is 2. The second-order valence-electron chi connectivity index (χ2n) is 9.48. The van der Waals surface area contributed by atoms with Gasteiger partial charge in [0.1, 0.15) is 18.4 Å². The quantitative estimate of drug-likeness (QED) is 0.354. The van der Waals surface area contributed by atoms with Crippen molar-refractivity contribution in [3.05, 3.63) is 108 Å². The van der Waals surface area contributed by atoms with E-state index in [1.165, 1.54) is 0 Å². The Bertz CT molecular complexity index is 1310. The molecule has 1 heterocycles. The molecule has 3 atom stereocenters. The minimum atomic E-state index is -1.36.